The molecular formula is C13H20N2O3S. The molecule has 1 amide bonds. The van der Waals surface area contributed by atoms with Gasteiger partial charge in [-0.25, -0.2) is 0 Å². The van der Waals surface area contributed by atoms with Gasteiger partial charge >= 0.3 is 0 Å². The third-order valence-electron chi connectivity index (χ3n) is 2.72. The van der Waals surface area contributed by atoms with Gasteiger partial charge in [0.25, 0.3) is 0 Å². The average Bonchev–Trinajstić information content (AvgIpc) is 2.39. The lowest BCUT2D eigenvalue weighted by molar-refractivity contribution is -0.122. The van der Waals surface area contributed by atoms with E-state index in [1.807, 2.05) is 6.26 Å². The third kappa shape index (κ3) is 5.40. The second kappa shape index (κ2) is 7.91. The Kier molecular flexibility index (Phi) is 6.52. The van der Waals surface area contributed by atoms with E-state index in [1.54, 1.807) is 17.8 Å². The van der Waals surface area contributed by atoms with Gasteiger partial charge in [0.2, 0.25) is 5.91 Å². The molecule has 0 saturated carbocycles. The Labute approximate surface area is 117 Å². The fraction of sp³-hybridized carbons (Fsp3) is 0.462. The maximum atomic E-state index is 11.6. The van der Waals surface area contributed by atoms with Gasteiger partial charge in [0.15, 0.2) is 11.5 Å². The molecule has 6 heteroatoms. The molecular weight excluding hydrogens is 264 g/mol. The summed E-state index contributed by atoms with van der Waals surface area (Å²) in [6, 6.07) is 4.14. The number of hydrogen-bond acceptors (Lipinski definition) is 5. The first-order valence-corrected chi connectivity index (χ1v) is 7.47. The molecule has 1 rings (SSSR count). The molecule has 5 N–H and O–H groups in total. The van der Waals surface area contributed by atoms with Crippen LogP contribution in [0.15, 0.2) is 18.2 Å². The zero-order chi connectivity index (χ0) is 14.3. The summed E-state index contributed by atoms with van der Waals surface area (Å²) in [6.07, 6.45) is 3.21. The molecule has 0 heterocycles. The summed E-state index contributed by atoms with van der Waals surface area (Å²) in [5.41, 5.74) is 6.57. The second-order valence-corrected chi connectivity index (χ2v) is 5.24. The minimum Gasteiger partial charge on any atom is -0.504 e. The van der Waals surface area contributed by atoms with E-state index in [0.29, 0.717) is 19.4 Å². The molecule has 0 saturated heterocycles. The third-order valence-corrected chi connectivity index (χ3v) is 3.37. The van der Waals surface area contributed by atoms with E-state index in [4.69, 9.17) is 5.73 Å². The number of hydrogen-bond donors (Lipinski definition) is 4. The van der Waals surface area contributed by atoms with E-state index >= 15 is 0 Å². The van der Waals surface area contributed by atoms with Gasteiger partial charge in [0, 0.05) is 6.54 Å². The number of nitrogens with two attached hydrogens (primary N) is 1. The SMILES string of the molecule is CSCC[C@H](N)C(=O)NCCc1ccc(O)c(O)c1. The highest BCUT2D eigenvalue weighted by Crippen LogP contribution is 2.24. The summed E-state index contributed by atoms with van der Waals surface area (Å²) in [6.45, 7) is 0.454. The van der Waals surface area contributed by atoms with Crippen LogP contribution in [-0.2, 0) is 11.2 Å². The van der Waals surface area contributed by atoms with Crippen LogP contribution in [0, 0.1) is 0 Å². The van der Waals surface area contributed by atoms with E-state index in [-0.39, 0.29) is 17.4 Å². The quantitative estimate of drug-likeness (QED) is 0.556. The van der Waals surface area contributed by atoms with Gasteiger partial charge in [0.05, 0.1) is 6.04 Å². The van der Waals surface area contributed by atoms with Gasteiger partial charge in [-0.05, 0) is 42.5 Å². The lowest BCUT2D eigenvalue weighted by Gasteiger charge is -2.11. The Hall–Kier alpha value is -1.40. The van der Waals surface area contributed by atoms with Crippen LogP contribution >= 0.6 is 11.8 Å². The summed E-state index contributed by atoms with van der Waals surface area (Å²) < 4.78 is 0. The van der Waals surface area contributed by atoms with Crippen molar-refractivity contribution in [2.24, 2.45) is 5.73 Å². The monoisotopic (exact) mass is 284 g/mol. The van der Waals surface area contributed by atoms with Crippen LogP contribution in [0.1, 0.15) is 12.0 Å². The zero-order valence-electron chi connectivity index (χ0n) is 10.9. The van der Waals surface area contributed by atoms with Gasteiger partial charge in [-0.2, -0.15) is 11.8 Å². The Morgan fingerprint density at radius 2 is 2.16 bits per heavy atom. The number of aromatic hydroxyl groups is 2. The number of rotatable bonds is 7. The zero-order valence-corrected chi connectivity index (χ0v) is 11.7. The molecule has 0 fully saturated rings. The number of carbonyl (C=O) groups excluding carboxylic acids is 1. The Morgan fingerprint density at radius 1 is 1.42 bits per heavy atom. The van der Waals surface area contributed by atoms with Crippen LogP contribution in [0.4, 0.5) is 0 Å². The molecule has 19 heavy (non-hydrogen) atoms. The maximum absolute atomic E-state index is 11.6. The molecule has 0 aliphatic heterocycles. The van der Waals surface area contributed by atoms with Crippen molar-refractivity contribution in [3.63, 3.8) is 0 Å². The van der Waals surface area contributed by atoms with Crippen molar-refractivity contribution in [1.29, 1.82) is 0 Å². The summed E-state index contributed by atoms with van der Waals surface area (Å²) in [4.78, 5) is 11.6. The lowest BCUT2D eigenvalue weighted by Crippen LogP contribution is -2.41. The normalized spacial score (nSPS) is 12.1. The molecule has 0 bridgehead atoms. The Morgan fingerprint density at radius 3 is 2.79 bits per heavy atom. The summed E-state index contributed by atoms with van der Waals surface area (Å²) in [5.74, 6) is 0.407. The standard InChI is InChI=1S/C13H20N2O3S/c1-19-7-5-10(14)13(18)15-6-4-9-2-3-11(16)12(17)8-9/h2-3,8,10,16-17H,4-7,14H2,1H3,(H,15,18)/t10-/m0/s1. The second-order valence-electron chi connectivity index (χ2n) is 4.25. The number of nitrogens with one attached hydrogen (secondary N) is 1. The molecule has 5 nitrogen and oxygen atoms in total. The van der Waals surface area contributed by atoms with E-state index in [1.165, 1.54) is 12.1 Å². The van der Waals surface area contributed by atoms with Crippen molar-refractivity contribution in [1.82, 2.24) is 5.32 Å². The average molecular weight is 284 g/mol. The first-order chi connectivity index (χ1) is 9.04. The number of carbonyl (C=O) groups is 1. The van der Waals surface area contributed by atoms with Crippen LogP contribution in [0.5, 0.6) is 11.5 Å². The highest BCUT2D eigenvalue weighted by molar-refractivity contribution is 7.98. The summed E-state index contributed by atoms with van der Waals surface area (Å²) >= 11 is 1.66. The molecule has 0 spiro atoms. The number of amides is 1. The van der Waals surface area contributed by atoms with E-state index in [2.05, 4.69) is 5.32 Å². The minimum atomic E-state index is -0.472. The van der Waals surface area contributed by atoms with Crippen molar-refractivity contribution in [2.45, 2.75) is 18.9 Å². The smallest absolute Gasteiger partial charge is 0.236 e. The van der Waals surface area contributed by atoms with Crippen molar-refractivity contribution in [2.75, 3.05) is 18.6 Å². The molecule has 0 aliphatic rings. The van der Waals surface area contributed by atoms with Gasteiger partial charge in [0.1, 0.15) is 0 Å². The lowest BCUT2D eigenvalue weighted by atomic mass is 10.1. The summed E-state index contributed by atoms with van der Waals surface area (Å²) in [7, 11) is 0. The van der Waals surface area contributed by atoms with E-state index < -0.39 is 6.04 Å². The molecule has 0 aromatic heterocycles. The number of thioether (sulfide) groups is 1. The molecule has 1 aromatic carbocycles. The van der Waals surface area contributed by atoms with E-state index in [0.717, 1.165) is 11.3 Å². The molecule has 1 atom stereocenters. The fourth-order valence-corrected chi connectivity index (χ4v) is 2.05. The first-order valence-electron chi connectivity index (χ1n) is 6.07. The molecule has 0 unspecified atom stereocenters. The summed E-state index contributed by atoms with van der Waals surface area (Å²) in [5, 5.41) is 21.3. The highest BCUT2D eigenvalue weighted by atomic mass is 32.2. The fourth-order valence-electron chi connectivity index (χ4n) is 1.56. The van der Waals surface area contributed by atoms with Crippen molar-refractivity contribution < 1.29 is 15.0 Å². The van der Waals surface area contributed by atoms with Crippen LogP contribution in [0.3, 0.4) is 0 Å². The molecule has 1 aromatic rings. The molecule has 0 radical (unpaired) electrons. The topological polar surface area (TPSA) is 95.6 Å². The maximum Gasteiger partial charge on any atom is 0.236 e. The van der Waals surface area contributed by atoms with Crippen molar-refractivity contribution in [3.8, 4) is 11.5 Å². The number of phenols is 2. The minimum absolute atomic E-state index is 0.146. The van der Waals surface area contributed by atoms with Crippen molar-refractivity contribution >= 4 is 17.7 Å². The molecule has 0 aliphatic carbocycles. The molecule has 106 valence electrons. The van der Waals surface area contributed by atoms with Gasteiger partial charge < -0.3 is 21.3 Å². The highest BCUT2D eigenvalue weighted by Gasteiger charge is 2.11. The number of phenolic OH excluding ortho intramolecular Hbond substituents is 2. The van der Waals surface area contributed by atoms with Crippen molar-refractivity contribution in [3.05, 3.63) is 23.8 Å². The van der Waals surface area contributed by atoms with Crippen LogP contribution in [0.25, 0.3) is 0 Å². The van der Waals surface area contributed by atoms with Crippen LogP contribution in [0.2, 0.25) is 0 Å². The van der Waals surface area contributed by atoms with E-state index in [9.17, 15) is 15.0 Å². The van der Waals surface area contributed by atoms with Gasteiger partial charge in [-0.3, -0.25) is 4.79 Å². The number of benzene rings is 1. The predicted molar refractivity (Wildman–Crippen MR) is 77.5 cm³/mol. The van der Waals surface area contributed by atoms with Crippen LogP contribution < -0.4 is 11.1 Å². The predicted octanol–water partition coefficient (Wildman–Crippen LogP) is 0.837. The largest absolute Gasteiger partial charge is 0.504 e. The Bertz CT molecular complexity index is 426. The van der Waals surface area contributed by atoms with Gasteiger partial charge in [-0.1, -0.05) is 6.07 Å². The first kappa shape index (κ1) is 15.7. The van der Waals surface area contributed by atoms with Gasteiger partial charge in [-0.15, -0.1) is 0 Å². The van der Waals surface area contributed by atoms with Crippen LogP contribution in [-0.4, -0.2) is 40.7 Å². The Balaban J connectivity index is 2.33.